The third kappa shape index (κ3) is 5.73. The van der Waals surface area contributed by atoms with Gasteiger partial charge in [-0.25, -0.2) is 13.6 Å². The Morgan fingerprint density at radius 2 is 1.75 bits per heavy atom. The van der Waals surface area contributed by atoms with E-state index < -0.39 is 10.0 Å². The molecule has 0 aliphatic rings. The monoisotopic (exact) mass is 421 g/mol. The molecular formula is C20H27N3O3S2. The minimum atomic E-state index is -3.86. The van der Waals surface area contributed by atoms with E-state index in [1.165, 1.54) is 35.0 Å². The molecule has 0 saturated heterocycles. The summed E-state index contributed by atoms with van der Waals surface area (Å²) in [5.74, 6) is 0.0167. The molecule has 2 rings (SSSR count). The van der Waals surface area contributed by atoms with Gasteiger partial charge in [0.25, 0.3) is 0 Å². The molecule has 1 amide bonds. The van der Waals surface area contributed by atoms with Crippen molar-refractivity contribution in [1.29, 1.82) is 0 Å². The van der Waals surface area contributed by atoms with Crippen LogP contribution in [0.4, 0.5) is 11.4 Å². The van der Waals surface area contributed by atoms with E-state index in [0.29, 0.717) is 5.69 Å². The van der Waals surface area contributed by atoms with Crippen molar-refractivity contribution in [3.05, 3.63) is 47.5 Å². The fourth-order valence-corrected chi connectivity index (χ4v) is 4.11. The summed E-state index contributed by atoms with van der Waals surface area (Å²) in [7, 11) is -3.86. The van der Waals surface area contributed by atoms with Gasteiger partial charge in [-0.3, -0.25) is 4.79 Å². The molecule has 0 aliphatic heterocycles. The smallest absolute Gasteiger partial charge is 0.238 e. The van der Waals surface area contributed by atoms with E-state index >= 15 is 0 Å². The highest BCUT2D eigenvalue weighted by atomic mass is 32.2. The van der Waals surface area contributed by atoms with Gasteiger partial charge in [0.15, 0.2) is 0 Å². The van der Waals surface area contributed by atoms with Crippen molar-refractivity contribution in [2.45, 2.75) is 37.5 Å². The van der Waals surface area contributed by atoms with Crippen molar-refractivity contribution in [2.24, 2.45) is 5.14 Å². The number of hydrogen-bond donors (Lipinski definition) is 2. The van der Waals surface area contributed by atoms with Crippen LogP contribution in [0.2, 0.25) is 0 Å². The van der Waals surface area contributed by atoms with Crippen molar-refractivity contribution in [2.75, 3.05) is 29.1 Å². The Morgan fingerprint density at radius 1 is 1.07 bits per heavy atom. The van der Waals surface area contributed by atoms with Crippen molar-refractivity contribution >= 4 is 39.1 Å². The number of nitrogens with zero attached hydrogens (tertiary/aromatic N) is 1. The number of primary sulfonamides is 1. The predicted octanol–water partition coefficient (Wildman–Crippen LogP) is 3.53. The fourth-order valence-electron chi connectivity index (χ4n) is 2.77. The highest BCUT2D eigenvalue weighted by Crippen LogP contribution is 2.29. The lowest BCUT2D eigenvalue weighted by atomic mass is 10.1. The molecule has 0 aliphatic carbocycles. The zero-order valence-electron chi connectivity index (χ0n) is 16.7. The van der Waals surface area contributed by atoms with Crippen molar-refractivity contribution in [3.63, 3.8) is 0 Å². The first-order valence-corrected chi connectivity index (χ1v) is 11.6. The summed E-state index contributed by atoms with van der Waals surface area (Å²) in [5, 5.41) is 8.10. The number of sulfonamides is 1. The Bertz CT molecular complexity index is 955. The zero-order chi connectivity index (χ0) is 20.9. The lowest BCUT2D eigenvalue weighted by molar-refractivity contribution is -0.113. The largest absolute Gasteiger partial charge is 0.370 e. The van der Waals surface area contributed by atoms with E-state index in [1.54, 1.807) is 6.07 Å². The maximum Gasteiger partial charge on any atom is 0.238 e. The number of anilines is 2. The molecule has 0 saturated carbocycles. The normalized spacial score (nSPS) is 11.3. The lowest BCUT2D eigenvalue weighted by Gasteiger charge is -2.24. The summed E-state index contributed by atoms with van der Waals surface area (Å²) in [6.07, 6.45) is 0. The number of rotatable bonds is 8. The standard InChI is InChI=1S/C20H27N3O3S2/c1-5-23(6-2)19-10-9-17(28(21,25)26)12-18(19)22-20(24)13-27-16-8-7-14(3)15(4)11-16/h7-12H,5-6,13H2,1-4H3,(H,22,24)(H2,21,25,26). The van der Waals surface area contributed by atoms with E-state index in [1.807, 2.05) is 44.7 Å². The molecule has 0 aromatic heterocycles. The SMILES string of the molecule is CCN(CC)c1ccc(S(N)(=O)=O)cc1NC(=O)CSc1ccc(C)c(C)c1. The fraction of sp³-hybridized carbons (Fsp3) is 0.350. The second kappa shape index (κ2) is 9.45. The van der Waals surface area contributed by atoms with Gasteiger partial charge in [0.2, 0.25) is 15.9 Å². The quantitative estimate of drug-likeness (QED) is 0.636. The van der Waals surface area contributed by atoms with E-state index in [0.717, 1.165) is 23.7 Å². The molecule has 0 heterocycles. The number of benzene rings is 2. The lowest BCUT2D eigenvalue weighted by Crippen LogP contribution is -2.25. The third-order valence-electron chi connectivity index (χ3n) is 4.52. The van der Waals surface area contributed by atoms with Gasteiger partial charge in [-0.15, -0.1) is 11.8 Å². The van der Waals surface area contributed by atoms with Gasteiger partial charge in [-0.05, 0) is 69.2 Å². The molecule has 0 fully saturated rings. The number of amides is 1. The molecule has 8 heteroatoms. The van der Waals surface area contributed by atoms with Crippen LogP contribution in [0, 0.1) is 13.8 Å². The number of thioether (sulfide) groups is 1. The average Bonchev–Trinajstić information content (AvgIpc) is 2.64. The van der Waals surface area contributed by atoms with Crippen LogP contribution >= 0.6 is 11.8 Å². The molecule has 0 atom stereocenters. The van der Waals surface area contributed by atoms with Crippen LogP contribution in [0.3, 0.4) is 0 Å². The summed E-state index contributed by atoms with van der Waals surface area (Å²) in [4.78, 5) is 15.5. The second-order valence-electron chi connectivity index (χ2n) is 6.48. The van der Waals surface area contributed by atoms with Crippen LogP contribution in [0.25, 0.3) is 0 Å². The second-order valence-corrected chi connectivity index (χ2v) is 9.09. The summed E-state index contributed by atoms with van der Waals surface area (Å²) in [6, 6.07) is 10.6. The maximum atomic E-state index is 12.5. The molecule has 3 N–H and O–H groups in total. The molecule has 2 aromatic carbocycles. The Balaban J connectivity index is 2.21. The van der Waals surface area contributed by atoms with Crippen LogP contribution < -0.4 is 15.4 Å². The molecule has 0 unspecified atom stereocenters. The first-order valence-electron chi connectivity index (χ1n) is 9.07. The highest BCUT2D eigenvalue weighted by Gasteiger charge is 2.16. The summed E-state index contributed by atoms with van der Waals surface area (Å²) >= 11 is 1.44. The molecule has 6 nitrogen and oxygen atoms in total. The number of carbonyl (C=O) groups is 1. The maximum absolute atomic E-state index is 12.5. The molecule has 152 valence electrons. The number of nitrogens with one attached hydrogen (secondary N) is 1. The van der Waals surface area contributed by atoms with Gasteiger partial charge in [-0.2, -0.15) is 0 Å². The van der Waals surface area contributed by atoms with Crippen molar-refractivity contribution < 1.29 is 13.2 Å². The first-order chi connectivity index (χ1) is 13.2. The Hall–Kier alpha value is -2.03. The van der Waals surface area contributed by atoms with Crippen LogP contribution in [0.1, 0.15) is 25.0 Å². The summed E-state index contributed by atoms with van der Waals surface area (Å²) in [6.45, 7) is 9.53. The minimum Gasteiger partial charge on any atom is -0.370 e. The van der Waals surface area contributed by atoms with E-state index in [-0.39, 0.29) is 16.6 Å². The van der Waals surface area contributed by atoms with E-state index in [2.05, 4.69) is 11.4 Å². The van der Waals surface area contributed by atoms with Gasteiger partial charge < -0.3 is 10.2 Å². The molecule has 28 heavy (non-hydrogen) atoms. The number of nitrogens with two attached hydrogens (primary N) is 1. The predicted molar refractivity (Wildman–Crippen MR) is 117 cm³/mol. The van der Waals surface area contributed by atoms with E-state index in [9.17, 15) is 13.2 Å². The number of hydrogen-bond acceptors (Lipinski definition) is 5. The van der Waals surface area contributed by atoms with Gasteiger partial charge >= 0.3 is 0 Å². The molecular weight excluding hydrogens is 394 g/mol. The van der Waals surface area contributed by atoms with Crippen molar-refractivity contribution in [3.8, 4) is 0 Å². The molecule has 0 bridgehead atoms. The Labute approximate surface area is 171 Å². The van der Waals surface area contributed by atoms with Crippen LogP contribution in [-0.4, -0.2) is 33.2 Å². The van der Waals surface area contributed by atoms with Crippen LogP contribution in [0.15, 0.2) is 46.2 Å². The number of carbonyl (C=O) groups excluding carboxylic acids is 1. The topological polar surface area (TPSA) is 92.5 Å². The van der Waals surface area contributed by atoms with E-state index in [4.69, 9.17) is 5.14 Å². The zero-order valence-corrected chi connectivity index (χ0v) is 18.3. The van der Waals surface area contributed by atoms with Gasteiger partial charge in [0.1, 0.15) is 0 Å². The summed E-state index contributed by atoms with van der Waals surface area (Å²) < 4.78 is 23.4. The molecule has 0 spiro atoms. The average molecular weight is 422 g/mol. The highest BCUT2D eigenvalue weighted by molar-refractivity contribution is 8.00. The molecule has 0 radical (unpaired) electrons. The van der Waals surface area contributed by atoms with Crippen molar-refractivity contribution in [1.82, 2.24) is 0 Å². The number of aryl methyl sites for hydroxylation is 2. The molecule has 2 aromatic rings. The summed E-state index contributed by atoms with van der Waals surface area (Å²) in [5.41, 5.74) is 3.59. The Kier molecular flexibility index (Phi) is 7.51. The van der Waals surface area contributed by atoms with Crippen LogP contribution in [0.5, 0.6) is 0 Å². The Morgan fingerprint density at radius 3 is 2.32 bits per heavy atom. The first kappa shape index (κ1) is 22.3. The third-order valence-corrected chi connectivity index (χ3v) is 6.43. The van der Waals surface area contributed by atoms with Gasteiger partial charge in [0.05, 0.1) is 22.0 Å². The van der Waals surface area contributed by atoms with Gasteiger partial charge in [0, 0.05) is 18.0 Å². The van der Waals surface area contributed by atoms with Crippen LogP contribution in [-0.2, 0) is 14.8 Å². The van der Waals surface area contributed by atoms with Gasteiger partial charge in [-0.1, -0.05) is 6.07 Å². The minimum absolute atomic E-state index is 0.0273.